The lowest BCUT2D eigenvalue weighted by Crippen LogP contribution is -2.53. The van der Waals surface area contributed by atoms with E-state index < -0.39 is 11.5 Å². The van der Waals surface area contributed by atoms with Gasteiger partial charge in [0.2, 0.25) is 0 Å². The second kappa shape index (κ2) is 4.49. The average Bonchev–Trinajstić information content (AvgIpc) is 2.56. The molecule has 15 heavy (non-hydrogen) atoms. The largest absolute Gasteiger partial charge is 0.480 e. The van der Waals surface area contributed by atoms with E-state index in [0.717, 1.165) is 51.8 Å². The zero-order valence-corrected chi connectivity index (χ0v) is 9.07. The van der Waals surface area contributed by atoms with Crippen LogP contribution in [0.2, 0.25) is 0 Å². The minimum absolute atomic E-state index is 0.576. The highest BCUT2D eigenvalue weighted by Gasteiger charge is 2.46. The van der Waals surface area contributed by atoms with E-state index in [1.807, 2.05) is 0 Å². The number of ether oxygens (including phenoxy) is 1. The summed E-state index contributed by atoms with van der Waals surface area (Å²) in [7, 11) is 0. The Labute approximate surface area is 90.2 Å². The van der Waals surface area contributed by atoms with E-state index in [0.29, 0.717) is 6.61 Å². The third kappa shape index (κ3) is 2.01. The first-order valence-corrected chi connectivity index (χ1v) is 5.82. The molecule has 0 spiro atoms. The molecule has 0 atom stereocenters. The Morgan fingerprint density at radius 2 is 1.87 bits per heavy atom. The van der Waals surface area contributed by atoms with Gasteiger partial charge in [0.05, 0.1) is 6.61 Å². The predicted octanol–water partition coefficient (Wildman–Crippen LogP) is 1.11. The van der Waals surface area contributed by atoms with Gasteiger partial charge >= 0.3 is 5.97 Å². The summed E-state index contributed by atoms with van der Waals surface area (Å²) in [6, 6.07) is 0. The van der Waals surface area contributed by atoms with Crippen LogP contribution in [-0.4, -0.2) is 47.8 Å². The van der Waals surface area contributed by atoms with Gasteiger partial charge in [-0.25, -0.2) is 0 Å². The molecule has 0 radical (unpaired) electrons. The van der Waals surface area contributed by atoms with Gasteiger partial charge in [0.25, 0.3) is 0 Å². The molecule has 86 valence electrons. The van der Waals surface area contributed by atoms with Gasteiger partial charge in [0.1, 0.15) is 5.54 Å². The summed E-state index contributed by atoms with van der Waals surface area (Å²) in [5.41, 5.74) is -0.576. The van der Waals surface area contributed by atoms with Crippen molar-refractivity contribution in [2.45, 2.75) is 37.6 Å². The lowest BCUT2D eigenvalue weighted by Gasteiger charge is -2.36. The third-order valence-corrected chi connectivity index (χ3v) is 3.66. The summed E-state index contributed by atoms with van der Waals surface area (Å²) < 4.78 is 5.37. The van der Waals surface area contributed by atoms with Crippen LogP contribution in [0.15, 0.2) is 0 Å². The first-order valence-electron chi connectivity index (χ1n) is 5.82. The molecule has 0 aromatic carbocycles. The van der Waals surface area contributed by atoms with Crippen molar-refractivity contribution in [3.05, 3.63) is 0 Å². The molecule has 1 saturated heterocycles. The van der Waals surface area contributed by atoms with Crippen molar-refractivity contribution in [2.75, 3.05) is 26.3 Å². The van der Waals surface area contributed by atoms with Crippen molar-refractivity contribution in [3.8, 4) is 0 Å². The fraction of sp³-hybridized carbons (Fsp3) is 0.909. The lowest BCUT2D eigenvalue weighted by atomic mass is 9.95. The molecule has 1 N–H and O–H groups in total. The van der Waals surface area contributed by atoms with Crippen LogP contribution in [0, 0.1) is 0 Å². The van der Waals surface area contributed by atoms with Gasteiger partial charge in [-0.3, -0.25) is 9.69 Å². The molecule has 0 aromatic rings. The number of aliphatic carboxylic acids is 1. The van der Waals surface area contributed by atoms with Crippen LogP contribution >= 0.6 is 0 Å². The molecular weight excluding hydrogens is 194 g/mol. The summed E-state index contributed by atoms with van der Waals surface area (Å²) in [4.78, 5) is 13.6. The summed E-state index contributed by atoms with van der Waals surface area (Å²) in [5, 5.41) is 9.43. The Balaban J connectivity index is 2.12. The second-order valence-corrected chi connectivity index (χ2v) is 4.50. The van der Waals surface area contributed by atoms with Gasteiger partial charge in [0, 0.05) is 19.7 Å². The van der Waals surface area contributed by atoms with Crippen molar-refractivity contribution >= 4 is 5.97 Å². The molecule has 0 amide bonds. The van der Waals surface area contributed by atoms with Gasteiger partial charge in [-0.05, 0) is 19.3 Å². The molecule has 1 heterocycles. The Morgan fingerprint density at radius 1 is 1.13 bits per heavy atom. The molecule has 1 aliphatic heterocycles. The zero-order valence-electron chi connectivity index (χ0n) is 9.07. The fourth-order valence-electron chi connectivity index (χ4n) is 2.80. The maximum Gasteiger partial charge on any atom is 0.324 e. The van der Waals surface area contributed by atoms with Crippen molar-refractivity contribution in [1.29, 1.82) is 0 Å². The molecule has 0 unspecified atom stereocenters. The van der Waals surface area contributed by atoms with Gasteiger partial charge in [-0.2, -0.15) is 0 Å². The first kappa shape index (κ1) is 10.9. The number of carboxylic acid groups (broad SMARTS) is 1. The highest BCUT2D eigenvalue weighted by molar-refractivity contribution is 5.79. The Bertz CT molecular complexity index is 228. The highest BCUT2D eigenvalue weighted by atomic mass is 16.5. The number of hydrogen-bond acceptors (Lipinski definition) is 3. The molecule has 1 aliphatic carbocycles. The molecule has 2 rings (SSSR count). The molecule has 0 bridgehead atoms. The van der Waals surface area contributed by atoms with Gasteiger partial charge in [0.15, 0.2) is 0 Å². The van der Waals surface area contributed by atoms with E-state index >= 15 is 0 Å². The average molecular weight is 213 g/mol. The van der Waals surface area contributed by atoms with Crippen molar-refractivity contribution in [2.24, 2.45) is 0 Å². The summed E-state index contributed by atoms with van der Waals surface area (Å²) in [5.74, 6) is -0.637. The molecular formula is C11H19NO3. The zero-order chi connectivity index (χ0) is 10.7. The SMILES string of the molecule is O=C(O)C1(N2CCCOCC2)CCCC1. The van der Waals surface area contributed by atoms with Crippen LogP contribution in [0.5, 0.6) is 0 Å². The quantitative estimate of drug-likeness (QED) is 0.746. The number of rotatable bonds is 2. The van der Waals surface area contributed by atoms with Crippen LogP contribution in [0.25, 0.3) is 0 Å². The first-order chi connectivity index (χ1) is 7.26. The van der Waals surface area contributed by atoms with Gasteiger partial charge < -0.3 is 9.84 Å². The van der Waals surface area contributed by atoms with Crippen LogP contribution in [-0.2, 0) is 9.53 Å². The molecule has 2 aliphatic rings. The van der Waals surface area contributed by atoms with Gasteiger partial charge in [-0.15, -0.1) is 0 Å². The second-order valence-electron chi connectivity index (χ2n) is 4.50. The van der Waals surface area contributed by atoms with Crippen LogP contribution in [0.3, 0.4) is 0 Å². The topological polar surface area (TPSA) is 49.8 Å². The Hall–Kier alpha value is -0.610. The van der Waals surface area contributed by atoms with Crippen LogP contribution < -0.4 is 0 Å². The van der Waals surface area contributed by atoms with Crippen LogP contribution in [0.1, 0.15) is 32.1 Å². The van der Waals surface area contributed by atoms with Crippen molar-refractivity contribution in [1.82, 2.24) is 4.90 Å². The number of carboxylic acids is 1. The predicted molar refractivity (Wildman–Crippen MR) is 55.8 cm³/mol. The molecule has 4 nitrogen and oxygen atoms in total. The summed E-state index contributed by atoms with van der Waals surface area (Å²) in [6.45, 7) is 3.08. The lowest BCUT2D eigenvalue weighted by molar-refractivity contribution is -0.151. The van der Waals surface area contributed by atoms with E-state index in [-0.39, 0.29) is 0 Å². The Kier molecular flexibility index (Phi) is 3.26. The summed E-state index contributed by atoms with van der Waals surface area (Å²) in [6.07, 6.45) is 4.66. The minimum atomic E-state index is -0.637. The van der Waals surface area contributed by atoms with E-state index in [4.69, 9.17) is 4.74 Å². The molecule has 4 heteroatoms. The van der Waals surface area contributed by atoms with Crippen molar-refractivity contribution in [3.63, 3.8) is 0 Å². The number of nitrogens with zero attached hydrogens (tertiary/aromatic N) is 1. The standard InChI is InChI=1S/C11H19NO3/c13-10(14)11(4-1-2-5-11)12-6-3-8-15-9-7-12/h1-9H2,(H,13,14). The number of carbonyl (C=O) groups is 1. The normalized spacial score (nSPS) is 27.5. The van der Waals surface area contributed by atoms with E-state index in [1.54, 1.807) is 0 Å². The monoisotopic (exact) mass is 213 g/mol. The van der Waals surface area contributed by atoms with E-state index in [2.05, 4.69) is 4.90 Å². The van der Waals surface area contributed by atoms with E-state index in [1.165, 1.54) is 0 Å². The molecule has 1 saturated carbocycles. The van der Waals surface area contributed by atoms with Crippen molar-refractivity contribution < 1.29 is 14.6 Å². The maximum absolute atomic E-state index is 11.5. The summed E-state index contributed by atoms with van der Waals surface area (Å²) >= 11 is 0. The maximum atomic E-state index is 11.5. The van der Waals surface area contributed by atoms with Crippen LogP contribution in [0.4, 0.5) is 0 Å². The van der Waals surface area contributed by atoms with Gasteiger partial charge in [-0.1, -0.05) is 12.8 Å². The highest BCUT2D eigenvalue weighted by Crippen LogP contribution is 2.36. The smallest absolute Gasteiger partial charge is 0.324 e. The molecule has 2 fully saturated rings. The number of hydrogen-bond donors (Lipinski definition) is 1. The van der Waals surface area contributed by atoms with E-state index in [9.17, 15) is 9.90 Å². The fourth-order valence-corrected chi connectivity index (χ4v) is 2.80. The molecule has 0 aromatic heterocycles. The minimum Gasteiger partial charge on any atom is -0.480 e. The Morgan fingerprint density at radius 3 is 2.53 bits per heavy atom. The third-order valence-electron chi connectivity index (χ3n) is 3.66.